The molecule has 6 heteroatoms. The Labute approximate surface area is 149 Å². The van der Waals surface area contributed by atoms with E-state index in [0.717, 1.165) is 32.2 Å². The molecule has 2 atom stereocenters. The lowest BCUT2D eigenvalue weighted by Crippen LogP contribution is -2.57. The van der Waals surface area contributed by atoms with Crippen molar-refractivity contribution in [3.05, 3.63) is 23.7 Å². The van der Waals surface area contributed by atoms with E-state index in [1.165, 1.54) is 0 Å². The molecule has 25 heavy (non-hydrogen) atoms. The minimum Gasteiger partial charge on any atom is -0.453 e. The number of carbonyl (C=O) groups is 2. The fourth-order valence-corrected chi connectivity index (χ4v) is 4.02. The maximum absolute atomic E-state index is 12.7. The molecule has 2 amide bonds. The van der Waals surface area contributed by atoms with Crippen LogP contribution in [0.5, 0.6) is 0 Å². The van der Waals surface area contributed by atoms with Gasteiger partial charge in [0, 0.05) is 39.2 Å². The summed E-state index contributed by atoms with van der Waals surface area (Å²) in [6, 6.07) is 3.80. The van der Waals surface area contributed by atoms with Crippen LogP contribution in [0.1, 0.15) is 55.3 Å². The van der Waals surface area contributed by atoms with Crippen molar-refractivity contribution in [2.75, 3.05) is 26.7 Å². The lowest BCUT2D eigenvalue weighted by molar-refractivity contribution is -0.140. The van der Waals surface area contributed by atoms with E-state index in [0.29, 0.717) is 43.6 Å². The van der Waals surface area contributed by atoms with Gasteiger partial charge in [0.1, 0.15) is 12.4 Å². The summed E-state index contributed by atoms with van der Waals surface area (Å²) in [6.45, 7) is 4.75. The molecule has 138 valence electrons. The highest BCUT2D eigenvalue weighted by Crippen LogP contribution is 2.32. The average Bonchev–Trinajstić information content (AvgIpc) is 3.09. The molecule has 1 aromatic heterocycles. The van der Waals surface area contributed by atoms with Crippen LogP contribution < -0.4 is 0 Å². The number of likely N-dealkylation sites (tertiary alicyclic amines) is 2. The van der Waals surface area contributed by atoms with Gasteiger partial charge >= 0.3 is 0 Å². The largest absolute Gasteiger partial charge is 0.453 e. The van der Waals surface area contributed by atoms with Gasteiger partial charge in [-0.05, 0) is 37.3 Å². The van der Waals surface area contributed by atoms with Crippen molar-refractivity contribution in [2.45, 2.75) is 51.7 Å². The third-order valence-electron chi connectivity index (χ3n) is 5.34. The molecule has 0 N–H and O–H groups in total. The Morgan fingerprint density at radius 3 is 2.96 bits per heavy atom. The van der Waals surface area contributed by atoms with E-state index in [1.807, 2.05) is 4.90 Å². The van der Waals surface area contributed by atoms with Crippen LogP contribution in [-0.4, -0.2) is 54.4 Å². The summed E-state index contributed by atoms with van der Waals surface area (Å²) in [5.74, 6) is 1.64. The summed E-state index contributed by atoms with van der Waals surface area (Å²) in [5.41, 5.74) is 0. The van der Waals surface area contributed by atoms with E-state index in [4.69, 9.17) is 9.15 Å². The second kappa shape index (κ2) is 8.04. The Morgan fingerprint density at radius 1 is 1.36 bits per heavy atom. The van der Waals surface area contributed by atoms with Gasteiger partial charge in [0.15, 0.2) is 5.76 Å². The lowest BCUT2D eigenvalue weighted by Gasteiger charge is -2.47. The van der Waals surface area contributed by atoms with E-state index in [9.17, 15) is 9.59 Å². The van der Waals surface area contributed by atoms with E-state index in [-0.39, 0.29) is 17.9 Å². The Bertz CT molecular complexity index is 612. The summed E-state index contributed by atoms with van der Waals surface area (Å²) >= 11 is 0. The topological polar surface area (TPSA) is 63.0 Å². The third kappa shape index (κ3) is 3.89. The Morgan fingerprint density at radius 2 is 2.20 bits per heavy atom. The normalized spacial score (nSPS) is 23.7. The molecule has 0 saturated carbocycles. The summed E-state index contributed by atoms with van der Waals surface area (Å²) in [5, 5.41) is 0. The zero-order valence-corrected chi connectivity index (χ0v) is 15.2. The fourth-order valence-electron chi connectivity index (χ4n) is 4.02. The predicted molar refractivity (Wildman–Crippen MR) is 93.1 cm³/mol. The minimum absolute atomic E-state index is 0.0576. The number of methoxy groups -OCH3 is 1. The first-order valence-electron chi connectivity index (χ1n) is 9.30. The van der Waals surface area contributed by atoms with Crippen LogP contribution in [0.25, 0.3) is 0 Å². The van der Waals surface area contributed by atoms with Crippen molar-refractivity contribution in [3.8, 4) is 0 Å². The molecule has 0 aliphatic carbocycles. The van der Waals surface area contributed by atoms with Gasteiger partial charge in [-0.15, -0.1) is 0 Å². The SMILES string of the molecule is CCCCN1C(=O)CC[C@@H]2CN(C(=O)c3ccc(COC)o3)CC[C@@H]21. The van der Waals surface area contributed by atoms with Crippen LogP contribution in [0, 0.1) is 5.92 Å². The maximum Gasteiger partial charge on any atom is 0.289 e. The Hall–Kier alpha value is -1.82. The van der Waals surface area contributed by atoms with Crippen LogP contribution in [0.15, 0.2) is 16.5 Å². The molecule has 3 rings (SSSR count). The number of hydrogen-bond acceptors (Lipinski definition) is 4. The number of unbranched alkanes of at least 4 members (excludes halogenated alkanes) is 1. The van der Waals surface area contributed by atoms with Crippen LogP contribution >= 0.6 is 0 Å². The number of hydrogen-bond donors (Lipinski definition) is 0. The molecule has 6 nitrogen and oxygen atoms in total. The van der Waals surface area contributed by atoms with E-state index >= 15 is 0 Å². The molecule has 2 aliphatic rings. The third-order valence-corrected chi connectivity index (χ3v) is 5.34. The van der Waals surface area contributed by atoms with Gasteiger partial charge in [0.25, 0.3) is 5.91 Å². The number of rotatable bonds is 6. The predicted octanol–water partition coefficient (Wildman–Crippen LogP) is 2.68. The first-order chi connectivity index (χ1) is 12.1. The van der Waals surface area contributed by atoms with E-state index in [2.05, 4.69) is 11.8 Å². The molecule has 0 unspecified atom stereocenters. The molecule has 2 aliphatic heterocycles. The monoisotopic (exact) mass is 348 g/mol. The first kappa shape index (κ1) is 18.0. The second-order valence-electron chi connectivity index (χ2n) is 7.05. The van der Waals surface area contributed by atoms with E-state index < -0.39 is 0 Å². The Kier molecular flexibility index (Phi) is 5.78. The maximum atomic E-state index is 12.7. The van der Waals surface area contributed by atoms with Crippen molar-refractivity contribution in [3.63, 3.8) is 0 Å². The molecule has 0 radical (unpaired) electrons. The van der Waals surface area contributed by atoms with Gasteiger partial charge in [0.2, 0.25) is 5.91 Å². The van der Waals surface area contributed by atoms with Crippen LogP contribution in [0.3, 0.4) is 0 Å². The van der Waals surface area contributed by atoms with Crippen molar-refractivity contribution < 1.29 is 18.7 Å². The molecule has 0 spiro atoms. The van der Waals surface area contributed by atoms with Gasteiger partial charge in [0.05, 0.1) is 0 Å². The fraction of sp³-hybridized carbons (Fsp3) is 0.684. The highest BCUT2D eigenvalue weighted by molar-refractivity contribution is 5.91. The number of carbonyl (C=O) groups excluding carboxylic acids is 2. The average molecular weight is 348 g/mol. The lowest BCUT2D eigenvalue weighted by atomic mass is 9.83. The molecule has 2 saturated heterocycles. The van der Waals surface area contributed by atoms with Crippen LogP contribution in [0.2, 0.25) is 0 Å². The van der Waals surface area contributed by atoms with Crippen LogP contribution in [0.4, 0.5) is 0 Å². The van der Waals surface area contributed by atoms with Gasteiger partial charge in [-0.25, -0.2) is 0 Å². The molecular weight excluding hydrogens is 320 g/mol. The number of piperidine rings is 2. The van der Waals surface area contributed by atoms with Crippen molar-refractivity contribution >= 4 is 11.8 Å². The smallest absolute Gasteiger partial charge is 0.289 e. The Balaban J connectivity index is 1.64. The van der Waals surface area contributed by atoms with Gasteiger partial charge < -0.3 is 19.0 Å². The summed E-state index contributed by atoms with van der Waals surface area (Å²) in [7, 11) is 1.60. The first-order valence-corrected chi connectivity index (χ1v) is 9.30. The molecule has 0 aromatic carbocycles. The number of amides is 2. The standard InChI is InChI=1S/C19H28N2O4/c1-3-4-10-21-16-9-11-20(12-14(16)5-8-18(21)22)19(23)17-7-6-15(25-17)13-24-2/h6-7,14,16H,3-5,8-13H2,1-2H3/t14-,16+/m1/s1. The number of nitrogens with zero attached hydrogens (tertiary/aromatic N) is 2. The minimum atomic E-state index is -0.0576. The van der Waals surface area contributed by atoms with Crippen molar-refractivity contribution in [1.82, 2.24) is 9.80 Å². The van der Waals surface area contributed by atoms with Crippen LogP contribution in [-0.2, 0) is 16.1 Å². The van der Waals surface area contributed by atoms with Gasteiger partial charge in [-0.1, -0.05) is 13.3 Å². The summed E-state index contributed by atoms with van der Waals surface area (Å²) in [6.07, 6.45) is 4.48. The number of furan rings is 1. The summed E-state index contributed by atoms with van der Waals surface area (Å²) < 4.78 is 10.6. The molecule has 1 aromatic rings. The molecule has 3 heterocycles. The zero-order chi connectivity index (χ0) is 17.8. The zero-order valence-electron chi connectivity index (χ0n) is 15.2. The number of ether oxygens (including phenoxy) is 1. The number of fused-ring (bicyclic) bond motifs is 1. The van der Waals surface area contributed by atoms with E-state index in [1.54, 1.807) is 19.2 Å². The van der Waals surface area contributed by atoms with Gasteiger partial charge in [-0.2, -0.15) is 0 Å². The quantitative estimate of drug-likeness (QED) is 0.793. The molecule has 2 fully saturated rings. The highest BCUT2D eigenvalue weighted by Gasteiger charge is 2.40. The molecular formula is C19H28N2O4. The molecule has 0 bridgehead atoms. The highest BCUT2D eigenvalue weighted by atomic mass is 16.5. The summed E-state index contributed by atoms with van der Waals surface area (Å²) in [4.78, 5) is 28.9. The van der Waals surface area contributed by atoms with Crippen molar-refractivity contribution in [2.24, 2.45) is 5.92 Å². The second-order valence-corrected chi connectivity index (χ2v) is 7.05. The van der Waals surface area contributed by atoms with Gasteiger partial charge in [-0.3, -0.25) is 9.59 Å². The van der Waals surface area contributed by atoms with Crippen molar-refractivity contribution in [1.29, 1.82) is 0 Å².